The molecule has 1 amide bonds. The van der Waals surface area contributed by atoms with Crippen molar-refractivity contribution >= 4 is 38.7 Å². The summed E-state index contributed by atoms with van der Waals surface area (Å²) >= 11 is 5.79. The van der Waals surface area contributed by atoms with Crippen molar-refractivity contribution in [2.75, 3.05) is 16.8 Å². The second kappa shape index (κ2) is 7.13. The normalized spacial score (nSPS) is 14.5. The number of nitrogens with two attached hydrogens (primary N) is 1. The lowest BCUT2D eigenvalue weighted by atomic mass is 10.2. The maximum absolute atomic E-state index is 12.1. The quantitative estimate of drug-likeness (QED) is 0.784. The Bertz CT molecular complexity index is 617. The molecule has 0 bridgehead atoms. The van der Waals surface area contributed by atoms with Crippen molar-refractivity contribution < 1.29 is 13.2 Å². The van der Waals surface area contributed by atoms with Crippen LogP contribution in [0, 0.1) is 5.92 Å². The Morgan fingerprint density at radius 1 is 1.38 bits per heavy atom. The summed E-state index contributed by atoms with van der Waals surface area (Å²) in [6.45, 7) is 5.16. The summed E-state index contributed by atoms with van der Waals surface area (Å²) in [5.74, 6) is -0.544. The van der Waals surface area contributed by atoms with Gasteiger partial charge in [0, 0.05) is 5.69 Å². The minimum absolute atomic E-state index is 0.000837. The van der Waals surface area contributed by atoms with E-state index in [2.05, 4.69) is 5.32 Å². The molecule has 0 saturated heterocycles. The van der Waals surface area contributed by atoms with Crippen LogP contribution in [0.4, 0.5) is 11.4 Å². The van der Waals surface area contributed by atoms with E-state index in [-0.39, 0.29) is 11.7 Å². The number of halogens is 1. The number of benzene rings is 1. The van der Waals surface area contributed by atoms with E-state index in [0.29, 0.717) is 16.4 Å². The van der Waals surface area contributed by atoms with Gasteiger partial charge in [0.25, 0.3) is 0 Å². The lowest BCUT2D eigenvalue weighted by Crippen LogP contribution is -2.35. The van der Waals surface area contributed by atoms with Crippen molar-refractivity contribution in [1.29, 1.82) is 0 Å². The van der Waals surface area contributed by atoms with Gasteiger partial charge in [-0.3, -0.25) is 4.79 Å². The molecule has 1 aromatic carbocycles. The Morgan fingerprint density at radius 2 is 2.00 bits per heavy atom. The van der Waals surface area contributed by atoms with E-state index < -0.39 is 21.0 Å². The van der Waals surface area contributed by atoms with E-state index in [0.717, 1.165) is 6.42 Å². The molecule has 0 aliphatic rings. The second-order valence-corrected chi connectivity index (χ2v) is 7.98. The Hall–Kier alpha value is -1.27. The fourth-order valence-corrected chi connectivity index (χ4v) is 3.51. The van der Waals surface area contributed by atoms with Crippen LogP contribution in [-0.2, 0) is 14.6 Å². The zero-order chi connectivity index (χ0) is 16.2. The van der Waals surface area contributed by atoms with Crippen LogP contribution < -0.4 is 11.1 Å². The molecule has 0 heterocycles. The number of rotatable bonds is 6. The third kappa shape index (κ3) is 4.89. The van der Waals surface area contributed by atoms with Crippen LogP contribution >= 0.6 is 11.6 Å². The highest BCUT2D eigenvalue weighted by Crippen LogP contribution is 2.23. The summed E-state index contributed by atoms with van der Waals surface area (Å²) in [4.78, 5) is 12.1. The monoisotopic (exact) mass is 332 g/mol. The first-order chi connectivity index (χ1) is 9.67. The van der Waals surface area contributed by atoms with Gasteiger partial charge in [-0.05, 0) is 31.0 Å². The Kier molecular flexibility index (Phi) is 6.04. The molecule has 0 aliphatic heterocycles. The van der Waals surface area contributed by atoms with Crippen LogP contribution in [0.2, 0.25) is 5.02 Å². The molecule has 2 atom stereocenters. The Labute approximate surface area is 130 Å². The number of amides is 1. The Balaban J connectivity index is 2.80. The van der Waals surface area contributed by atoms with E-state index in [1.54, 1.807) is 12.1 Å². The molecule has 0 radical (unpaired) electrons. The number of hydrogen-bond acceptors (Lipinski definition) is 4. The fourth-order valence-electron chi connectivity index (χ4n) is 1.69. The van der Waals surface area contributed by atoms with Crippen molar-refractivity contribution in [2.24, 2.45) is 5.92 Å². The lowest BCUT2D eigenvalue weighted by molar-refractivity contribution is -0.115. The number of hydrogen-bond donors (Lipinski definition) is 2. The molecular weight excluding hydrogens is 312 g/mol. The van der Waals surface area contributed by atoms with E-state index in [1.165, 1.54) is 13.0 Å². The van der Waals surface area contributed by atoms with Gasteiger partial charge in [0.2, 0.25) is 5.91 Å². The van der Waals surface area contributed by atoms with Crippen LogP contribution in [-0.4, -0.2) is 25.3 Å². The molecule has 0 spiro atoms. The largest absolute Gasteiger partial charge is 0.397 e. The van der Waals surface area contributed by atoms with Crippen LogP contribution in [0.25, 0.3) is 0 Å². The summed E-state index contributed by atoms with van der Waals surface area (Å²) in [5, 5.41) is 1.82. The summed E-state index contributed by atoms with van der Waals surface area (Å²) in [7, 11) is -3.48. The highest BCUT2D eigenvalue weighted by Gasteiger charge is 2.29. The smallest absolute Gasteiger partial charge is 0.242 e. The van der Waals surface area contributed by atoms with E-state index in [9.17, 15) is 13.2 Å². The van der Waals surface area contributed by atoms with E-state index >= 15 is 0 Å². The van der Waals surface area contributed by atoms with Crippen LogP contribution in [0.15, 0.2) is 18.2 Å². The first kappa shape index (κ1) is 17.8. The summed E-state index contributed by atoms with van der Waals surface area (Å²) in [6.07, 6.45) is 0.751. The maximum atomic E-state index is 12.1. The summed E-state index contributed by atoms with van der Waals surface area (Å²) < 4.78 is 24.3. The van der Waals surface area contributed by atoms with E-state index in [1.807, 2.05) is 13.8 Å². The average Bonchev–Trinajstić information content (AvgIpc) is 2.41. The SMILES string of the molecule is CCC(C)CS(=O)(=O)C(C)C(=O)Nc1ccc(Cl)c(N)c1. The van der Waals surface area contributed by atoms with Crippen molar-refractivity contribution in [3.8, 4) is 0 Å². The summed E-state index contributed by atoms with van der Waals surface area (Å²) in [6, 6.07) is 4.61. The molecule has 2 unspecified atom stereocenters. The van der Waals surface area contributed by atoms with Gasteiger partial charge in [-0.25, -0.2) is 8.42 Å². The van der Waals surface area contributed by atoms with Gasteiger partial charge in [0.1, 0.15) is 5.25 Å². The van der Waals surface area contributed by atoms with Gasteiger partial charge >= 0.3 is 0 Å². The molecule has 0 aliphatic carbocycles. The highest BCUT2D eigenvalue weighted by molar-refractivity contribution is 7.92. The second-order valence-electron chi connectivity index (χ2n) is 5.21. The van der Waals surface area contributed by atoms with Crippen LogP contribution in [0.1, 0.15) is 27.2 Å². The van der Waals surface area contributed by atoms with Gasteiger partial charge in [0.15, 0.2) is 9.84 Å². The fraction of sp³-hybridized carbons (Fsp3) is 0.500. The maximum Gasteiger partial charge on any atom is 0.242 e. The van der Waals surface area contributed by atoms with Crippen molar-refractivity contribution in [3.63, 3.8) is 0 Å². The average molecular weight is 333 g/mol. The number of anilines is 2. The minimum atomic E-state index is -3.48. The van der Waals surface area contributed by atoms with Gasteiger partial charge in [0.05, 0.1) is 16.5 Å². The first-order valence-corrected chi connectivity index (χ1v) is 8.84. The van der Waals surface area contributed by atoms with Gasteiger partial charge in [-0.15, -0.1) is 0 Å². The number of nitrogens with one attached hydrogen (secondary N) is 1. The molecule has 21 heavy (non-hydrogen) atoms. The Morgan fingerprint density at radius 3 is 2.52 bits per heavy atom. The first-order valence-electron chi connectivity index (χ1n) is 6.74. The van der Waals surface area contributed by atoms with Crippen LogP contribution in [0.5, 0.6) is 0 Å². The predicted molar refractivity (Wildman–Crippen MR) is 87.2 cm³/mol. The molecule has 1 rings (SSSR count). The third-order valence-corrected chi connectivity index (χ3v) is 6.05. The molecule has 118 valence electrons. The standard InChI is InChI=1S/C14H21ClN2O3S/c1-4-9(2)8-21(19,20)10(3)14(18)17-11-5-6-12(15)13(16)7-11/h5-7,9-10H,4,8,16H2,1-3H3,(H,17,18). The van der Waals surface area contributed by atoms with Crippen LogP contribution in [0.3, 0.4) is 0 Å². The number of carbonyl (C=O) groups is 1. The molecule has 3 N–H and O–H groups in total. The number of sulfone groups is 1. The number of nitrogen functional groups attached to an aromatic ring is 1. The van der Waals surface area contributed by atoms with Crippen molar-refractivity contribution in [3.05, 3.63) is 23.2 Å². The van der Waals surface area contributed by atoms with Crippen molar-refractivity contribution in [2.45, 2.75) is 32.4 Å². The molecule has 5 nitrogen and oxygen atoms in total. The molecular formula is C14H21ClN2O3S. The zero-order valence-electron chi connectivity index (χ0n) is 12.4. The van der Waals surface area contributed by atoms with Crippen molar-refractivity contribution in [1.82, 2.24) is 0 Å². The molecule has 7 heteroatoms. The molecule has 0 fully saturated rings. The lowest BCUT2D eigenvalue weighted by Gasteiger charge is -2.16. The zero-order valence-corrected chi connectivity index (χ0v) is 14.0. The number of carbonyl (C=O) groups excluding carboxylic acids is 1. The topological polar surface area (TPSA) is 89.3 Å². The van der Waals surface area contributed by atoms with Gasteiger partial charge in [-0.1, -0.05) is 31.9 Å². The van der Waals surface area contributed by atoms with E-state index in [4.69, 9.17) is 17.3 Å². The summed E-state index contributed by atoms with van der Waals surface area (Å²) in [5.41, 5.74) is 6.39. The van der Waals surface area contributed by atoms with Gasteiger partial charge in [-0.2, -0.15) is 0 Å². The highest BCUT2D eigenvalue weighted by atomic mass is 35.5. The third-order valence-electron chi connectivity index (χ3n) is 3.39. The molecule has 0 aromatic heterocycles. The molecule has 0 saturated carbocycles. The predicted octanol–water partition coefficient (Wildman–Crippen LogP) is 2.71. The van der Waals surface area contributed by atoms with Gasteiger partial charge < -0.3 is 11.1 Å². The molecule has 1 aromatic rings. The minimum Gasteiger partial charge on any atom is -0.397 e.